The van der Waals surface area contributed by atoms with Crippen LogP contribution in [0.15, 0.2) is 241 Å². The topological polar surface area (TPSA) is 6.48 Å². The van der Waals surface area contributed by atoms with Crippen LogP contribution in [0.25, 0.3) is 44.5 Å². The Labute approximate surface area is 343 Å². The van der Waals surface area contributed by atoms with Crippen molar-refractivity contribution in [3.8, 4) is 44.5 Å². The molecule has 0 saturated carbocycles. The van der Waals surface area contributed by atoms with E-state index in [1.807, 2.05) is 0 Å². The molecule has 9 aromatic rings. The molecule has 0 aliphatic rings. The molecule has 0 heterocycles. The molecule has 0 unspecified atom stereocenters. The SMILES string of the molecule is Brc1cc(N(c2ccccc2)c2cc(-c3ccccc3)cc(-c3ccccc3)c2)cc(N(c2ccccc2)c2cc(-c3ccccc3)cc(-c3ccccc3)c2)c1. The molecule has 0 saturated heterocycles. The number of halogens is 1. The van der Waals surface area contributed by atoms with Gasteiger partial charge in [0.25, 0.3) is 0 Å². The van der Waals surface area contributed by atoms with E-state index in [1.165, 1.54) is 22.3 Å². The summed E-state index contributed by atoms with van der Waals surface area (Å²) >= 11 is 3.99. The standard InChI is InChI=1S/C54H39BrN2/c55-48-37-53(56(49-27-15-5-16-28-49)51-33-44(40-19-7-1-8-20-40)31-45(34-51)41-21-9-2-10-22-41)39-54(38-48)57(50-29-17-6-18-30-50)52-35-46(42-23-11-3-12-24-42)32-47(36-52)43-25-13-4-14-26-43/h1-39H. The second kappa shape index (κ2) is 16.4. The molecular formula is C54H39BrN2. The lowest BCUT2D eigenvalue weighted by atomic mass is 9.97. The Kier molecular flexibility index (Phi) is 10.3. The highest BCUT2D eigenvalue weighted by molar-refractivity contribution is 9.10. The number of benzene rings is 9. The van der Waals surface area contributed by atoms with E-state index >= 15 is 0 Å². The third-order valence-corrected chi connectivity index (χ3v) is 10.7. The van der Waals surface area contributed by atoms with Crippen LogP contribution in [0.5, 0.6) is 0 Å². The molecule has 0 aliphatic carbocycles. The molecule has 57 heavy (non-hydrogen) atoms. The minimum absolute atomic E-state index is 0.974. The Morgan fingerprint density at radius 1 is 0.211 bits per heavy atom. The highest BCUT2D eigenvalue weighted by Crippen LogP contribution is 2.45. The molecule has 2 nitrogen and oxygen atoms in total. The Morgan fingerprint density at radius 2 is 0.456 bits per heavy atom. The smallest absolute Gasteiger partial charge is 0.0493 e. The number of rotatable bonds is 10. The van der Waals surface area contributed by atoms with E-state index in [9.17, 15) is 0 Å². The maximum absolute atomic E-state index is 3.99. The fourth-order valence-corrected chi connectivity index (χ4v) is 8.00. The van der Waals surface area contributed by atoms with Crippen LogP contribution in [-0.4, -0.2) is 0 Å². The summed E-state index contributed by atoms with van der Waals surface area (Å²) < 4.78 is 0.974. The summed E-state index contributed by atoms with van der Waals surface area (Å²) in [5.41, 5.74) is 15.6. The lowest BCUT2D eigenvalue weighted by molar-refractivity contribution is 1.24. The molecule has 9 rings (SSSR count). The minimum Gasteiger partial charge on any atom is -0.310 e. The summed E-state index contributed by atoms with van der Waals surface area (Å²) in [6.45, 7) is 0. The predicted octanol–water partition coefficient (Wildman–Crippen LogP) is 16.1. The van der Waals surface area contributed by atoms with Crippen LogP contribution < -0.4 is 9.80 Å². The molecule has 272 valence electrons. The van der Waals surface area contributed by atoms with E-state index in [4.69, 9.17) is 0 Å². The van der Waals surface area contributed by atoms with Gasteiger partial charge in [-0.1, -0.05) is 174 Å². The normalized spacial score (nSPS) is 10.9. The first-order chi connectivity index (χ1) is 28.2. The fraction of sp³-hybridized carbons (Fsp3) is 0. The van der Waals surface area contributed by atoms with Gasteiger partial charge in [0.05, 0.1) is 0 Å². The second-order valence-electron chi connectivity index (χ2n) is 14.0. The van der Waals surface area contributed by atoms with Crippen LogP contribution in [0, 0.1) is 0 Å². The van der Waals surface area contributed by atoms with Crippen molar-refractivity contribution < 1.29 is 0 Å². The third kappa shape index (κ3) is 7.93. The average Bonchev–Trinajstić information content (AvgIpc) is 3.28. The molecule has 0 atom stereocenters. The average molecular weight is 796 g/mol. The molecule has 0 bridgehead atoms. The second-order valence-corrected chi connectivity index (χ2v) is 14.9. The quantitative estimate of drug-likeness (QED) is 0.136. The van der Waals surface area contributed by atoms with Crippen molar-refractivity contribution in [1.82, 2.24) is 0 Å². The van der Waals surface area contributed by atoms with Gasteiger partial charge in [0, 0.05) is 38.6 Å². The van der Waals surface area contributed by atoms with Crippen LogP contribution in [0.3, 0.4) is 0 Å². The first-order valence-electron chi connectivity index (χ1n) is 19.2. The number of hydrogen-bond acceptors (Lipinski definition) is 2. The fourth-order valence-electron chi connectivity index (χ4n) is 7.54. The van der Waals surface area contributed by atoms with Gasteiger partial charge < -0.3 is 9.80 Å². The van der Waals surface area contributed by atoms with Crippen molar-refractivity contribution in [2.45, 2.75) is 0 Å². The van der Waals surface area contributed by atoms with Gasteiger partial charge in [0.1, 0.15) is 0 Å². The zero-order valence-corrected chi connectivity index (χ0v) is 32.9. The summed E-state index contributed by atoms with van der Waals surface area (Å²) in [5, 5.41) is 0. The third-order valence-electron chi connectivity index (χ3n) is 10.2. The van der Waals surface area contributed by atoms with Crippen LogP contribution >= 0.6 is 15.9 Å². The first kappa shape index (κ1) is 35.7. The summed E-state index contributed by atoms with van der Waals surface area (Å²) in [7, 11) is 0. The van der Waals surface area contributed by atoms with Crippen molar-refractivity contribution in [2.24, 2.45) is 0 Å². The molecule has 0 spiro atoms. The highest BCUT2D eigenvalue weighted by Gasteiger charge is 2.21. The molecule has 0 aromatic heterocycles. The maximum Gasteiger partial charge on any atom is 0.0493 e. The highest BCUT2D eigenvalue weighted by atomic mass is 79.9. The molecule has 0 radical (unpaired) electrons. The number of nitrogens with zero attached hydrogens (tertiary/aromatic N) is 2. The van der Waals surface area contributed by atoms with Crippen molar-refractivity contribution in [1.29, 1.82) is 0 Å². The zero-order chi connectivity index (χ0) is 38.4. The summed E-state index contributed by atoms with van der Waals surface area (Å²) in [5.74, 6) is 0. The maximum atomic E-state index is 3.99. The lowest BCUT2D eigenvalue weighted by Crippen LogP contribution is -2.14. The van der Waals surface area contributed by atoms with Crippen LogP contribution in [0.4, 0.5) is 34.1 Å². The van der Waals surface area contributed by atoms with Gasteiger partial charge in [-0.3, -0.25) is 0 Å². The molecular weight excluding hydrogens is 757 g/mol. The van der Waals surface area contributed by atoms with Crippen LogP contribution in [0.1, 0.15) is 0 Å². The Hall–Kier alpha value is -6.94. The predicted molar refractivity (Wildman–Crippen MR) is 245 cm³/mol. The van der Waals surface area contributed by atoms with Crippen LogP contribution in [0.2, 0.25) is 0 Å². The largest absolute Gasteiger partial charge is 0.310 e. The van der Waals surface area contributed by atoms with E-state index in [0.29, 0.717) is 0 Å². The first-order valence-corrected chi connectivity index (χ1v) is 20.0. The van der Waals surface area contributed by atoms with Gasteiger partial charge >= 0.3 is 0 Å². The van der Waals surface area contributed by atoms with Gasteiger partial charge in [-0.05, 0) is 123 Å². The number of para-hydroxylation sites is 2. The van der Waals surface area contributed by atoms with Gasteiger partial charge in [-0.25, -0.2) is 0 Å². The Balaban J connectivity index is 1.26. The lowest BCUT2D eigenvalue weighted by Gasteiger charge is -2.31. The van der Waals surface area contributed by atoms with Crippen molar-refractivity contribution in [3.05, 3.63) is 241 Å². The van der Waals surface area contributed by atoms with E-state index in [-0.39, 0.29) is 0 Å². The number of anilines is 6. The van der Waals surface area contributed by atoms with E-state index < -0.39 is 0 Å². The molecule has 0 N–H and O–H groups in total. The Morgan fingerprint density at radius 3 is 0.737 bits per heavy atom. The van der Waals surface area contributed by atoms with Crippen LogP contribution in [-0.2, 0) is 0 Å². The minimum atomic E-state index is 0.974. The van der Waals surface area contributed by atoms with Gasteiger partial charge in [-0.15, -0.1) is 0 Å². The van der Waals surface area contributed by atoms with Gasteiger partial charge in [-0.2, -0.15) is 0 Å². The summed E-state index contributed by atoms with van der Waals surface area (Å²) in [6, 6.07) is 84.5. The summed E-state index contributed by atoms with van der Waals surface area (Å²) in [6.07, 6.45) is 0. The molecule has 0 aliphatic heterocycles. The monoisotopic (exact) mass is 794 g/mol. The molecule has 0 fully saturated rings. The van der Waals surface area contributed by atoms with Crippen molar-refractivity contribution >= 4 is 50.1 Å². The molecule has 3 heteroatoms. The molecule has 9 aromatic carbocycles. The van der Waals surface area contributed by atoms with E-state index in [0.717, 1.165) is 60.9 Å². The van der Waals surface area contributed by atoms with Crippen molar-refractivity contribution in [3.63, 3.8) is 0 Å². The Bertz CT molecular complexity index is 2420. The van der Waals surface area contributed by atoms with E-state index in [1.54, 1.807) is 0 Å². The van der Waals surface area contributed by atoms with Gasteiger partial charge in [0.15, 0.2) is 0 Å². The molecule has 0 amide bonds. The van der Waals surface area contributed by atoms with Gasteiger partial charge in [0.2, 0.25) is 0 Å². The number of hydrogen-bond donors (Lipinski definition) is 0. The zero-order valence-electron chi connectivity index (χ0n) is 31.3. The van der Waals surface area contributed by atoms with Crippen molar-refractivity contribution in [2.75, 3.05) is 9.80 Å². The van der Waals surface area contributed by atoms with E-state index in [2.05, 4.69) is 262 Å². The summed E-state index contributed by atoms with van der Waals surface area (Å²) in [4.78, 5) is 4.73.